The zero-order valence-corrected chi connectivity index (χ0v) is 14.1. The zero-order valence-electron chi connectivity index (χ0n) is 14.1. The summed E-state index contributed by atoms with van der Waals surface area (Å²) in [6.07, 6.45) is 0. The van der Waals surface area contributed by atoms with Crippen LogP contribution in [0.5, 0.6) is 11.5 Å². The molecule has 0 saturated carbocycles. The third kappa shape index (κ3) is 3.21. The zero-order chi connectivity index (χ0) is 17.9. The predicted octanol–water partition coefficient (Wildman–Crippen LogP) is 4.13. The van der Waals surface area contributed by atoms with Crippen LogP contribution in [-0.4, -0.2) is 19.3 Å². The Morgan fingerprint density at radius 3 is 1.60 bits per heavy atom. The van der Waals surface area contributed by atoms with Gasteiger partial charge in [0.1, 0.15) is 22.9 Å². The first kappa shape index (κ1) is 17.0. The lowest BCUT2D eigenvalue weighted by atomic mass is 9.80. The average Bonchev–Trinajstić information content (AvgIpc) is 2.67. The van der Waals surface area contributed by atoms with Crippen LogP contribution in [0.15, 0.2) is 72.8 Å². The fourth-order valence-electron chi connectivity index (χ4n) is 2.88. The lowest BCUT2D eigenvalue weighted by Crippen LogP contribution is -2.29. The minimum atomic E-state index is -1.50. The van der Waals surface area contributed by atoms with Crippen molar-refractivity contribution in [2.45, 2.75) is 5.60 Å². The number of hydrogen-bond acceptors (Lipinski definition) is 3. The smallest absolute Gasteiger partial charge is 0.140 e. The van der Waals surface area contributed by atoms with Gasteiger partial charge in [0.2, 0.25) is 0 Å². The first-order valence-corrected chi connectivity index (χ1v) is 7.85. The van der Waals surface area contributed by atoms with Crippen LogP contribution in [0.1, 0.15) is 16.7 Å². The highest BCUT2D eigenvalue weighted by Crippen LogP contribution is 2.38. The van der Waals surface area contributed by atoms with Crippen molar-refractivity contribution in [2.24, 2.45) is 0 Å². The Balaban J connectivity index is 2.18. The van der Waals surface area contributed by atoms with Gasteiger partial charge in [-0.15, -0.1) is 0 Å². The molecule has 0 aliphatic carbocycles. The van der Waals surface area contributed by atoms with E-state index in [0.29, 0.717) is 28.2 Å². The molecule has 4 heteroatoms. The van der Waals surface area contributed by atoms with E-state index in [1.807, 2.05) is 0 Å². The summed E-state index contributed by atoms with van der Waals surface area (Å²) in [6, 6.07) is 20.1. The Kier molecular flexibility index (Phi) is 4.72. The van der Waals surface area contributed by atoms with Gasteiger partial charge in [-0.05, 0) is 53.1 Å². The lowest BCUT2D eigenvalue weighted by molar-refractivity contribution is 0.125. The molecule has 3 nitrogen and oxygen atoms in total. The number of ether oxygens (including phenoxy) is 2. The molecule has 1 N–H and O–H groups in total. The highest BCUT2D eigenvalue weighted by molar-refractivity contribution is 5.49. The Hall–Kier alpha value is -2.85. The molecule has 0 aliphatic heterocycles. The second kappa shape index (κ2) is 6.95. The summed E-state index contributed by atoms with van der Waals surface area (Å²) in [6.45, 7) is 0. The Labute approximate surface area is 146 Å². The van der Waals surface area contributed by atoms with Gasteiger partial charge in [0.15, 0.2) is 0 Å². The molecule has 3 aromatic rings. The van der Waals surface area contributed by atoms with Crippen molar-refractivity contribution in [3.8, 4) is 11.5 Å². The van der Waals surface area contributed by atoms with Crippen LogP contribution in [0.4, 0.5) is 4.39 Å². The number of hydrogen-bond donors (Lipinski definition) is 1. The normalized spacial score (nSPS) is 11.2. The molecule has 0 fully saturated rings. The minimum absolute atomic E-state index is 0.405. The van der Waals surface area contributed by atoms with Gasteiger partial charge < -0.3 is 14.6 Å². The Morgan fingerprint density at radius 1 is 0.720 bits per heavy atom. The van der Waals surface area contributed by atoms with E-state index in [9.17, 15) is 9.50 Å². The number of aliphatic hydroxyl groups is 1. The SMILES string of the molecule is COc1ccc(C(O)(c2ccc(OC)cc2)c2cccc(F)c2)cc1. The van der Waals surface area contributed by atoms with Gasteiger partial charge in [-0.2, -0.15) is 0 Å². The van der Waals surface area contributed by atoms with E-state index in [4.69, 9.17) is 9.47 Å². The van der Waals surface area contributed by atoms with Gasteiger partial charge in [0, 0.05) is 0 Å². The summed E-state index contributed by atoms with van der Waals surface area (Å²) in [5, 5.41) is 11.6. The van der Waals surface area contributed by atoms with Crippen molar-refractivity contribution in [3.63, 3.8) is 0 Å². The van der Waals surface area contributed by atoms with Crippen LogP contribution in [0.2, 0.25) is 0 Å². The molecular formula is C21H19FO3. The van der Waals surface area contributed by atoms with Gasteiger partial charge in [0.25, 0.3) is 0 Å². The van der Waals surface area contributed by atoms with Crippen LogP contribution in [0.3, 0.4) is 0 Å². The molecule has 0 heterocycles. The highest BCUT2D eigenvalue weighted by atomic mass is 19.1. The third-order valence-corrected chi connectivity index (χ3v) is 4.26. The molecule has 0 atom stereocenters. The van der Waals surface area contributed by atoms with Crippen LogP contribution in [0, 0.1) is 5.82 Å². The van der Waals surface area contributed by atoms with E-state index in [-0.39, 0.29) is 0 Å². The molecule has 0 aromatic heterocycles. The van der Waals surface area contributed by atoms with E-state index in [1.54, 1.807) is 74.9 Å². The maximum Gasteiger partial charge on any atom is 0.140 e. The number of rotatable bonds is 5. The molecule has 3 aromatic carbocycles. The van der Waals surface area contributed by atoms with Crippen molar-refractivity contribution >= 4 is 0 Å². The maximum absolute atomic E-state index is 13.8. The largest absolute Gasteiger partial charge is 0.497 e. The van der Waals surface area contributed by atoms with Gasteiger partial charge in [-0.1, -0.05) is 36.4 Å². The quantitative estimate of drug-likeness (QED) is 0.711. The van der Waals surface area contributed by atoms with Crippen LogP contribution >= 0.6 is 0 Å². The summed E-state index contributed by atoms with van der Waals surface area (Å²) in [5.41, 5.74) is 0.177. The summed E-state index contributed by atoms with van der Waals surface area (Å²) in [5.74, 6) is 0.957. The topological polar surface area (TPSA) is 38.7 Å². The fraction of sp³-hybridized carbons (Fsp3) is 0.143. The second-order valence-corrected chi connectivity index (χ2v) is 5.68. The van der Waals surface area contributed by atoms with Gasteiger partial charge in [-0.3, -0.25) is 0 Å². The first-order valence-electron chi connectivity index (χ1n) is 7.85. The Morgan fingerprint density at radius 2 is 1.20 bits per heavy atom. The van der Waals surface area contributed by atoms with Crippen molar-refractivity contribution in [2.75, 3.05) is 14.2 Å². The summed E-state index contributed by atoms with van der Waals surface area (Å²) in [4.78, 5) is 0. The van der Waals surface area contributed by atoms with Gasteiger partial charge >= 0.3 is 0 Å². The Bertz CT molecular complexity index is 794. The van der Waals surface area contributed by atoms with Crippen molar-refractivity contribution in [1.82, 2.24) is 0 Å². The molecule has 0 unspecified atom stereocenters. The number of halogens is 1. The van der Waals surface area contributed by atoms with E-state index in [2.05, 4.69) is 0 Å². The molecule has 0 bridgehead atoms. The molecule has 0 aliphatic rings. The summed E-state index contributed by atoms with van der Waals surface area (Å²) in [7, 11) is 3.16. The standard InChI is InChI=1S/C21H19FO3/c1-24-19-10-6-15(7-11-19)21(23,17-4-3-5-18(22)14-17)16-8-12-20(25-2)13-9-16/h3-14,23H,1-2H3. The molecule has 0 saturated heterocycles. The minimum Gasteiger partial charge on any atom is -0.497 e. The fourth-order valence-corrected chi connectivity index (χ4v) is 2.88. The molecule has 25 heavy (non-hydrogen) atoms. The van der Waals surface area contributed by atoms with Crippen molar-refractivity contribution < 1.29 is 19.0 Å². The van der Waals surface area contributed by atoms with E-state index < -0.39 is 11.4 Å². The number of benzene rings is 3. The molecular weight excluding hydrogens is 319 g/mol. The lowest BCUT2D eigenvalue weighted by Gasteiger charge is -2.30. The van der Waals surface area contributed by atoms with E-state index in [0.717, 1.165) is 0 Å². The van der Waals surface area contributed by atoms with Gasteiger partial charge in [-0.25, -0.2) is 4.39 Å². The predicted molar refractivity (Wildman–Crippen MR) is 94.5 cm³/mol. The third-order valence-electron chi connectivity index (χ3n) is 4.26. The maximum atomic E-state index is 13.8. The average molecular weight is 338 g/mol. The number of methoxy groups -OCH3 is 2. The molecule has 0 spiro atoms. The van der Waals surface area contributed by atoms with Crippen molar-refractivity contribution in [3.05, 3.63) is 95.3 Å². The molecule has 0 amide bonds. The van der Waals surface area contributed by atoms with Crippen LogP contribution < -0.4 is 9.47 Å². The summed E-state index contributed by atoms with van der Waals surface area (Å²) < 4.78 is 24.2. The molecule has 128 valence electrons. The first-order chi connectivity index (χ1) is 12.1. The van der Waals surface area contributed by atoms with Gasteiger partial charge in [0.05, 0.1) is 14.2 Å². The van der Waals surface area contributed by atoms with Crippen molar-refractivity contribution in [1.29, 1.82) is 0 Å². The van der Waals surface area contributed by atoms with Crippen LogP contribution in [0.25, 0.3) is 0 Å². The molecule has 3 rings (SSSR count). The monoisotopic (exact) mass is 338 g/mol. The second-order valence-electron chi connectivity index (χ2n) is 5.68. The van der Waals surface area contributed by atoms with E-state index in [1.165, 1.54) is 12.1 Å². The van der Waals surface area contributed by atoms with Crippen LogP contribution in [-0.2, 0) is 5.60 Å². The highest BCUT2D eigenvalue weighted by Gasteiger charge is 2.34. The summed E-state index contributed by atoms with van der Waals surface area (Å²) >= 11 is 0. The van der Waals surface area contributed by atoms with E-state index >= 15 is 0 Å². The molecule has 0 radical (unpaired) electrons.